The fourth-order valence-electron chi connectivity index (χ4n) is 3.50. The molecule has 0 aliphatic carbocycles. The van der Waals surface area contributed by atoms with E-state index in [4.69, 9.17) is 44.9 Å². The van der Waals surface area contributed by atoms with Crippen LogP contribution in [0, 0.1) is 5.82 Å². The van der Waals surface area contributed by atoms with Gasteiger partial charge in [-0.15, -0.1) is 0 Å². The van der Waals surface area contributed by atoms with Crippen LogP contribution < -0.4 is 19.7 Å². The number of anilines is 1. The van der Waals surface area contributed by atoms with Crippen molar-refractivity contribution in [3.8, 4) is 11.5 Å². The molecular weight excluding hydrogens is 606 g/mol. The van der Waals surface area contributed by atoms with Gasteiger partial charge in [0.2, 0.25) is 0 Å². The van der Waals surface area contributed by atoms with Crippen molar-refractivity contribution in [2.24, 2.45) is 0 Å². The van der Waals surface area contributed by atoms with Gasteiger partial charge in [-0.3, -0.25) is 14.9 Å². The fourth-order valence-corrected chi connectivity index (χ4v) is 4.68. The number of benzene rings is 3. The molecule has 3 aromatic rings. The van der Waals surface area contributed by atoms with Crippen LogP contribution in [0.4, 0.5) is 10.1 Å². The van der Waals surface area contributed by atoms with E-state index in [2.05, 4.69) is 21.2 Å². The molecule has 190 valence electrons. The lowest BCUT2D eigenvalue weighted by atomic mass is 10.1. The molecule has 1 heterocycles. The summed E-state index contributed by atoms with van der Waals surface area (Å²) in [5.41, 5.74) is 0.883. The number of para-hydroxylation sites is 1. The number of carbonyl (C=O) groups excluding carboxylic acids is 2. The first-order chi connectivity index (χ1) is 17.7. The number of hydrogen-bond acceptors (Lipinski definition) is 5. The molecule has 0 atom stereocenters. The Bertz CT molecular complexity index is 1450. The molecule has 3 aromatic carbocycles. The number of carbonyl (C=O) groups is 2. The molecule has 4 rings (SSSR count). The molecule has 1 aliphatic rings. The third kappa shape index (κ3) is 5.96. The number of nitrogens with one attached hydrogen (secondary N) is 1. The molecule has 0 spiro atoms. The van der Waals surface area contributed by atoms with Crippen LogP contribution in [0.25, 0.3) is 6.08 Å². The molecule has 0 radical (unpaired) electrons. The average molecular weight is 624 g/mol. The average Bonchev–Trinajstić information content (AvgIpc) is 2.84. The van der Waals surface area contributed by atoms with E-state index in [1.807, 2.05) is 6.92 Å². The Morgan fingerprint density at radius 2 is 1.81 bits per heavy atom. The minimum Gasteiger partial charge on any atom is -0.490 e. The summed E-state index contributed by atoms with van der Waals surface area (Å²) in [5, 5.41) is 3.21. The smallest absolute Gasteiger partial charge is 0.270 e. The van der Waals surface area contributed by atoms with Crippen LogP contribution in [0.2, 0.25) is 10.0 Å². The van der Waals surface area contributed by atoms with Crippen molar-refractivity contribution in [3.05, 3.63) is 91.6 Å². The van der Waals surface area contributed by atoms with Crippen LogP contribution in [0.1, 0.15) is 18.1 Å². The third-order valence-corrected chi connectivity index (χ3v) is 6.81. The van der Waals surface area contributed by atoms with Gasteiger partial charge in [-0.2, -0.15) is 0 Å². The number of thiocarbonyl (C=S) groups is 1. The van der Waals surface area contributed by atoms with Crippen molar-refractivity contribution < 1.29 is 23.5 Å². The molecule has 6 nitrogen and oxygen atoms in total. The Labute approximate surface area is 236 Å². The van der Waals surface area contributed by atoms with Crippen LogP contribution in [0.15, 0.2) is 64.6 Å². The highest BCUT2D eigenvalue weighted by molar-refractivity contribution is 9.10. The van der Waals surface area contributed by atoms with Crippen LogP contribution in [0.3, 0.4) is 0 Å². The van der Waals surface area contributed by atoms with Gasteiger partial charge in [0.1, 0.15) is 18.0 Å². The van der Waals surface area contributed by atoms with E-state index in [1.165, 1.54) is 24.3 Å². The molecule has 1 aliphatic heterocycles. The monoisotopic (exact) mass is 622 g/mol. The zero-order valence-electron chi connectivity index (χ0n) is 19.2. The summed E-state index contributed by atoms with van der Waals surface area (Å²) in [6, 6.07) is 14.0. The first-order valence-corrected chi connectivity index (χ1v) is 12.8. The molecule has 0 aromatic heterocycles. The molecule has 1 N–H and O–H groups in total. The highest BCUT2D eigenvalue weighted by atomic mass is 79.9. The zero-order valence-corrected chi connectivity index (χ0v) is 23.1. The standard InChI is InChI=1S/C26H18BrCl2FN2O4S/c1-2-35-22-10-15(18(27)12-23(22)36-13-14-7-8-16(28)11-19(14)29)9-17-24(33)31-26(37)32(25(17)34)21-6-4-3-5-20(21)30/h3-12H,2,13H2,1H3,(H,31,33,37)/b17-9+. The van der Waals surface area contributed by atoms with E-state index >= 15 is 0 Å². The first kappa shape index (κ1) is 27.1. The normalized spacial score (nSPS) is 14.7. The van der Waals surface area contributed by atoms with E-state index in [-0.39, 0.29) is 23.0 Å². The SMILES string of the molecule is CCOc1cc(/C=C2\C(=O)NC(=S)N(c3ccccc3F)C2=O)c(Br)cc1OCc1ccc(Cl)cc1Cl. The van der Waals surface area contributed by atoms with E-state index in [1.54, 1.807) is 36.4 Å². The molecule has 1 saturated heterocycles. The maximum Gasteiger partial charge on any atom is 0.270 e. The van der Waals surface area contributed by atoms with Crippen molar-refractivity contribution in [2.75, 3.05) is 11.5 Å². The summed E-state index contributed by atoms with van der Waals surface area (Å²) in [5.74, 6) is -1.33. The molecule has 0 bridgehead atoms. The fraction of sp³-hybridized carbons (Fsp3) is 0.115. The van der Waals surface area contributed by atoms with Crippen molar-refractivity contribution in [3.63, 3.8) is 0 Å². The lowest BCUT2D eigenvalue weighted by Crippen LogP contribution is -2.54. The number of rotatable bonds is 7. The van der Waals surface area contributed by atoms with Gasteiger partial charge in [0.05, 0.1) is 12.3 Å². The molecule has 0 saturated carbocycles. The molecule has 0 unspecified atom stereocenters. The Morgan fingerprint density at radius 3 is 2.51 bits per heavy atom. The number of nitrogens with zero attached hydrogens (tertiary/aromatic N) is 1. The van der Waals surface area contributed by atoms with Gasteiger partial charge in [0.25, 0.3) is 11.8 Å². The second-order valence-corrected chi connectivity index (χ2v) is 9.77. The highest BCUT2D eigenvalue weighted by Crippen LogP contribution is 2.36. The highest BCUT2D eigenvalue weighted by Gasteiger charge is 2.35. The van der Waals surface area contributed by atoms with Gasteiger partial charge >= 0.3 is 0 Å². The van der Waals surface area contributed by atoms with Crippen molar-refractivity contribution in [1.82, 2.24) is 5.32 Å². The van der Waals surface area contributed by atoms with Gasteiger partial charge < -0.3 is 9.47 Å². The van der Waals surface area contributed by atoms with Gasteiger partial charge in [0.15, 0.2) is 16.6 Å². The number of hydrogen-bond donors (Lipinski definition) is 1. The van der Waals surface area contributed by atoms with Gasteiger partial charge in [0, 0.05) is 20.1 Å². The minimum atomic E-state index is -0.763. The second kappa shape index (κ2) is 11.6. The van der Waals surface area contributed by atoms with Crippen LogP contribution in [-0.2, 0) is 16.2 Å². The van der Waals surface area contributed by atoms with Crippen molar-refractivity contribution in [2.45, 2.75) is 13.5 Å². The summed E-state index contributed by atoms with van der Waals surface area (Å²) in [6.07, 6.45) is 1.37. The van der Waals surface area contributed by atoms with E-state index in [9.17, 15) is 14.0 Å². The Hall–Kier alpha value is -2.98. The first-order valence-electron chi connectivity index (χ1n) is 10.9. The Balaban J connectivity index is 1.67. The topological polar surface area (TPSA) is 67.9 Å². The van der Waals surface area contributed by atoms with E-state index in [0.717, 1.165) is 10.5 Å². The minimum absolute atomic E-state index is 0.0675. The van der Waals surface area contributed by atoms with Gasteiger partial charge in [-0.25, -0.2) is 9.29 Å². The lowest BCUT2D eigenvalue weighted by Gasteiger charge is -2.29. The predicted molar refractivity (Wildman–Crippen MR) is 149 cm³/mol. The van der Waals surface area contributed by atoms with Crippen LogP contribution in [0.5, 0.6) is 11.5 Å². The van der Waals surface area contributed by atoms with E-state index in [0.29, 0.717) is 38.2 Å². The van der Waals surface area contributed by atoms with Crippen LogP contribution >= 0.6 is 51.3 Å². The third-order valence-electron chi connectivity index (χ3n) is 5.26. The summed E-state index contributed by atoms with van der Waals surface area (Å²) in [6.45, 7) is 2.30. The number of halogens is 4. The quantitative estimate of drug-likeness (QED) is 0.180. The van der Waals surface area contributed by atoms with Gasteiger partial charge in [-0.05, 0) is 67.2 Å². The van der Waals surface area contributed by atoms with Crippen molar-refractivity contribution >= 4 is 80.0 Å². The maximum atomic E-state index is 14.4. The molecule has 2 amide bonds. The molecular formula is C26H18BrCl2FN2O4S. The van der Waals surface area contributed by atoms with Gasteiger partial charge in [-0.1, -0.05) is 57.3 Å². The molecule has 37 heavy (non-hydrogen) atoms. The zero-order chi connectivity index (χ0) is 26.7. The maximum absolute atomic E-state index is 14.4. The Morgan fingerprint density at radius 1 is 1.08 bits per heavy atom. The largest absolute Gasteiger partial charge is 0.490 e. The lowest BCUT2D eigenvalue weighted by molar-refractivity contribution is -0.122. The summed E-state index contributed by atoms with van der Waals surface area (Å²) in [4.78, 5) is 26.9. The number of ether oxygens (including phenoxy) is 2. The summed E-state index contributed by atoms with van der Waals surface area (Å²) < 4.78 is 26.6. The van der Waals surface area contributed by atoms with E-state index < -0.39 is 17.6 Å². The number of amides is 2. The Kier molecular flexibility index (Phi) is 8.49. The summed E-state index contributed by atoms with van der Waals surface area (Å²) >= 11 is 20.8. The summed E-state index contributed by atoms with van der Waals surface area (Å²) in [7, 11) is 0. The predicted octanol–water partition coefficient (Wildman–Crippen LogP) is 6.70. The molecule has 1 fully saturated rings. The molecule has 11 heteroatoms. The second-order valence-electron chi connectivity index (χ2n) is 7.69. The van der Waals surface area contributed by atoms with Crippen molar-refractivity contribution in [1.29, 1.82) is 0 Å². The van der Waals surface area contributed by atoms with Crippen LogP contribution in [-0.4, -0.2) is 23.5 Å².